The van der Waals surface area contributed by atoms with Crippen molar-refractivity contribution in [3.05, 3.63) is 24.3 Å². The molecule has 0 spiro atoms. The van der Waals surface area contributed by atoms with Gasteiger partial charge in [-0.05, 0) is 48.7 Å². The van der Waals surface area contributed by atoms with Gasteiger partial charge in [-0.1, -0.05) is 71.6 Å². The van der Waals surface area contributed by atoms with Gasteiger partial charge in [0.05, 0.1) is 11.5 Å². The van der Waals surface area contributed by atoms with Crippen LogP contribution in [0, 0.1) is 0 Å². The summed E-state index contributed by atoms with van der Waals surface area (Å²) in [5, 5.41) is -2.05. The summed E-state index contributed by atoms with van der Waals surface area (Å²) in [6.45, 7) is 4.50. The highest BCUT2D eigenvalue weighted by Gasteiger charge is 2.31. The normalized spacial score (nSPS) is 12.7. The summed E-state index contributed by atoms with van der Waals surface area (Å²) in [5.41, 5.74) is 0. The first-order valence-corrected chi connectivity index (χ1v) is 12.5. The Bertz CT molecular complexity index is 656. The first-order valence-electron chi connectivity index (χ1n) is 10.6. The van der Waals surface area contributed by atoms with E-state index in [4.69, 9.17) is 16.3 Å². The molecule has 0 aliphatic heterocycles. The highest BCUT2D eigenvalue weighted by Crippen LogP contribution is 2.23. The van der Waals surface area contributed by atoms with E-state index in [1.807, 2.05) is 0 Å². The van der Waals surface area contributed by atoms with E-state index in [0.717, 1.165) is 12.8 Å². The number of ether oxygens (including phenoxy) is 1. The molecule has 1 aromatic carbocycles. The number of benzene rings is 1. The monoisotopic (exact) mass is 430 g/mol. The molecule has 0 aliphatic rings. The molecule has 1 rings (SSSR count). The molecule has 0 N–H and O–H groups in total. The molecule has 0 amide bonds. The van der Waals surface area contributed by atoms with Crippen molar-refractivity contribution < 1.29 is 17.9 Å². The van der Waals surface area contributed by atoms with Crippen molar-refractivity contribution in [1.29, 1.82) is 0 Å². The van der Waals surface area contributed by atoms with Gasteiger partial charge in [0.25, 0.3) is 0 Å². The number of hydrogen-bond acceptors (Lipinski definition) is 4. The van der Waals surface area contributed by atoms with Gasteiger partial charge in [-0.25, -0.2) is 8.42 Å². The van der Waals surface area contributed by atoms with Gasteiger partial charge in [-0.2, -0.15) is 0 Å². The van der Waals surface area contributed by atoms with Crippen LogP contribution in [0.5, 0.6) is 5.75 Å². The van der Waals surface area contributed by atoms with Crippen molar-refractivity contribution in [3.8, 4) is 5.75 Å². The van der Waals surface area contributed by atoms with Crippen LogP contribution >= 0.6 is 11.6 Å². The maximum Gasteiger partial charge on any atom is 0.240 e. The van der Waals surface area contributed by atoms with Crippen molar-refractivity contribution in [2.24, 2.45) is 0 Å². The highest BCUT2D eigenvalue weighted by molar-refractivity contribution is 7.93. The van der Waals surface area contributed by atoms with Gasteiger partial charge < -0.3 is 4.74 Å². The molecule has 0 heterocycles. The molecule has 4 nitrogen and oxygen atoms in total. The molecule has 0 saturated carbocycles. The molecular weight excluding hydrogens is 396 g/mol. The van der Waals surface area contributed by atoms with Gasteiger partial charge in [0, 0.05) is 0 Å². The fourth-order valence-corrected chi connectivity index (χ4v) is 5.20. The Balaban J connectivity index is 2.26. The van der Waals surface area contributed by atoms with Crippen LogP contribution in [0.4, 0.5) is 0 Å². The lowest BCUT2D eigenvalue weighted by atomic mass is 10.1. The minimum absolute atomic E-state index is 0.0969. The van der Waals surface area contributed by atoms with Crippen LogP contribution in [-0.4, -0.2) is 25.5 Å². The smallest absolute Gasteiger partial charge is 0.240 e. The second-order valence-electron chi connectivity index (χ2n) is 7.25. The molecule has 0 aliphatic carbocycles. The fraction of sp³-hybridized carbons (Fsp3) is 0.682. The van der Waals surface area contributed by atoms with Gasteiger partial charge in [-0.3, -0.25) is 4.79 Å². The largest absolute Gasteiger partial charge is 0.494 e. The van der Waals surface area contributed by atoms with E-state index in [1.165, 1.54) is 63.5 Å². The lowest BCUT2D eigenvalue weighted by Crippen LogP contribution is -2.26. The lowest BCUT2D eigenvalue weighted by molar-refractivity contribution is -0.111. The van der Waals surface area contributed by atoms with Gasteiger partial charge in [-0.15, -0.1) is 0 Å². The highest BCUT2D eigenvalue weighted by atomic mass is 35.5. The summed E-state index contributed by atoms with van der Waals surface area (Å²) < 4.78 is 30.6. The third kappa shape index (κ3) is 8.95. The van der Waals surface area contributed by atoms with Crippen molar-refractivity contribution in [1.82, 2.24) is 0 Å². The summed E-state index contributed by atoms with van der Waals surface area (Å²) in [7, 11) is -3.75. The third-order valence-corrected chi connectivity index (χ3v) is 7.54. The van der Waals surface area contributed by atoms with Crippen molar-refractivity contribution >= 4 is 26.7 Å². The van der Waals surface area contributed by atoms with E-state index >= 15 is 0 Å². The summed E-state index contributed by atoms with van der Waals surface area (Å²) in [4.78, 5) is 11.4. The van der Waals surface area contributed by atoms with Crippen molar-refractivity contribution in [3.63, 3.8) is 0 Å². The molecule has 1 aromatic rings. The van der Waals surface area contributed by atoms with Crippen LogP contribution in [0.15, 0.2) is 29.2 Å². The zero-order valence-corrected chi connectivity index (χ0v) is 18.9. The molecule has 0 radical (unpaired) electrons. The van der Waals surface area contributed by atoms with Crippen LogP contribution < -0.4 is 4.74 Å². The Morgan fingerprint density at radius 1 is 0.893 bits per heavy atom. The summed E-state index contributed by atoms with van der Waals surface area (Å²) in [5.74, 6) is 0.639. The van der Waals surface area contributed by atoms with E-state index in [-0.39, 0.29) is 11.3 Å². The van der Waals surface area contributed by atoms with E-state index in [1.54, 1.807) is 19.1 Å². The summed E-state index contributed by atoms with van der Waals surface area (Å²) in [6, 6.07) is 6.22. The van der Waals surface area contributed by atoms with Gasteiger partial charge in [0.1, 0.15) is 11.0 Å². The average Bonchev–Trinajstić information content (AvgIpc) is 2.66. The minimum atomic E-state index is -3.75. The molecule has 0 aromatic heterocycles. The number of rotatable bonds is 16. The first kappa shape index (κ1) is 25.0. The second-order valence-corrected chi connectivity index (χ2v) is 9.75. The van der Waals surface area contributed by atoms with Gasteiger partial charge >= 0.3 is 0 Å². The Morgan fingerprint density at radius 2 is 1.39 bits per heavy atom. The van der Waals surface area contributed by atoms with Crippen LogP contribution in [0.2, 0.25) is 0 Å². The van der Waals surface area contributed by atoms with Gasteiger partial charge in [0.15, 0.2) is 9.84 Å². The maximum atomic E-state index is 12.4. The standard InChI is InChI=1S/C22H35ClO4S/c1-3-5-6-7-8-9-10-11-12-13-18-27-19-14-16-20(17-15-19)28(25,26)21(4-2)22(23)24/h14-17,21H,3-13,18H2,1-2H3. The van der Waals surface area contributed by atoms with Crippen LogP contribution in [-0.2, 0) is 14.6 Å². The number of hydrogen-bond donors (Lipinski definition) is 0. The number of unbranched alkanes of at least 4 members (excludes halogenated alkanes) is 9. The third-order valence-electron chi connectivity index (χ3n) is 4.92. The zero-order chi connectivity index (χ0) is 20.8. The lowest BCUT2D eigenvalue weighted by Gasteiger charge is -2.12. The van der Waals surface area contributed by atoms with Crippen LogP contribution in [0.3, 0.4) is 0 Å². The molecule has 0 bridgehead atoms. The van der Waals surface area contributed by atoms with E-state index in [2.05, 4.69) is 6.92 Å². The number of carbonyl (C=O) groups is 1. The molecule has 0 saturated heterocycles. The molecular formula is C22H35ClO4S. The average molecular weight is 431 g/mol. The Labute approximate surface area is 175 Å². The maximum absolute atomic E-state index is 12.4. The molecule has 28 heavy (non-hydrogen) atoms. The fourth-order valence-electron chi connectivity index (χ4n) is 3.17. The Kier molecular flexibility index (Phi) is 12.5. The predicted molar refractivity (Wildman–Crippen MR) is 116 cm³/mol. The topological polar surface area (TPSA) is 60.4 Å². The summed E-state index contributed by atoms with van der Waals surface area (Å²) in [6.07, 6.45) is 12.9. The SMILES string of the molecule is CCCCCCCCCCCCOc1ccc(S(=O)(=O)C(CC)C(=O)Cl)cc1. The van der Waals surface area contributed by atoms with Gasteiger partial charge in [0.2, 0.25) is 5.24 Å². The summed E-state index contributed by atoms with van der Waals surface area (Å²) >= 11 is 5.43. The van der Waals surface area contributed by atoms with E-state index in [9.17, 15) is 13.2 Å². The molecule has 1 atom stereocenters. The minimum Gasteiger partial charge on any atom is -0.494 e. The number of carbonyl (C=O) groups excluding carboxylic acids is 1. The Hall–Kier alpha value is -1.07. The van der Waals surface area contributed by atoms with Crippen LogP contribution in [0.1, 0.15) is 84.5 Å². The number of halogens is 1. The molecule has 0 fully saturated rings. The molecule has 160 valence electrons. The molecule has 1 unspecified atom stereocenters. The van der Waals surface area contributed by atoms with Crippen molar-refractivity contribution in [2.45, 2.75) is 94.6 Å². The van der Waals surface area contributed by atoms with Crippen LogP contribution in [0.25, 0.3) is 0 Å². The number of sulfone groups is 1. The second kappa shape index (κ2) is 14.0. The quantitative estimate of drug-likeness (QED) is 0.228. The Morgan fingerprint density at radius 3 is 1.86 bits per heavy atom. The predicted octanol–water partition coefficient (Wildman–Crippen LogP) is 6.30. The zero-order valence-electron chi connectivity index (χ0n) is 17.3. The molecule has 6 heteroatoms. The van der Waals surface area contributed by atoms with E-state index < -0.39 is 20.3 Å². The van der Waals surface area contributed by atoms with Crippen molar-refractivity contribution in [2.75, 3.05) is 6.61 Å². The van der Waals surface area contributed by atoms with E-state index in [0.29, 0.717) is 12.4 Å². The first-order chi connectivity index (χ1) is 13.4.